The van der Waals surface area contributed by atoms with Gasteiger partial charge in [-0.25, -0.2) is 9.63 Å². The van der Waals surface area contributed by atoms with Gasteiger partial charge in [0.05, 0.1) is 5.56 Å². The fourth-order valence-corrected chi connectivity index (χ4v) is 1.07. The van der Waals surface area contributed by atoms with Gasteiger partial charge in [-0.1, -0.05) is 18.2 Å². The predicted octanol–water partition coefficient (Wildman–Crippen LogP) is 1.22. The lowest BCUT2D eigenvalue weighted by atomic mass is 10.2. The molecule has 1 unspecified atom stereocenters. The summed E-state index contributed by atoms with van der Waals surface area (Å²) in [6, 6.07) is 8.77. The van der Waals surface area contributed by atoms with Gasteiger partial charge in [0.1, 0.15) is 0 Å². The minimum absolute atomic E-state index is 0.399. The molecule has 0 aliphatic carbocycles. The van der Waals surface area contributed by atoms with Crippen LogP contribution >= 0.6 is 0 Å². The number of rotatable bonds is 2. The monoisotopic (exact) mass is 191 g/mol. The second-order valence-electron chi connectivity index (χ2n) is 2.73. The highest BCUT2D eigenvalue weighted by Gasteiger charge is 2.16. The van der Waals surface area contributed by atoms with Crippen LogP contribution in [0.4, 0.5) is 0 Å². The standard InChI is InChI=1S/C10H9NO3/c12-10(8-4-2-1-3-5-8)13-9-6-7-11-14-9/h1-7,9,11H. The summed E-state index contributed by atoms with van der Waals surface area (Å²) >= 11 is 0. The molecule has 0 fully saturated rings. The minimum atomic E-state index is -0.636. The Morgan fingerprint density at radius 3 is 2.79 bits per heavy atom. The predicted molar refractivity (Wildman–Crippen MR) is 49.0 cm³/mol. The first kappa shape index (κ1) is 8.77. The molecule has 0 bridgehead atoms. The molecule has 1 atom stereocenters. The van der Waals surface area contributed by atoms with Gasteiger partial charge in [-0.2, -0.15) is 0 Å². The molecule has 1 N–H and O–H groups in total. The van der Waals surface area contributed by atoms with Crippen LogP contribution in [0.1, 0.15) is 10.4 Å². The zero-order chi connectivity index (χ0) is 9.80. The van der Waals surface area contributed by atoms with Gasteiger partial charge in [-0.3, -0.25) is 5.48 Å². The van der Waals surface area contributed by atoms with Crippen LogP contribution in [0.5, 0.6) is 0 Å². The Morgan fingerprint density at radius 2 is 2.14 bits per heavy atom. The summed E-state index contributed by atoms with van der Waals surface area (Å²) in [6.45, 7) is 0. The van der Waals surface area contributed by atoms with Crippen molar-refractivity contribution >= 4 is 5.97 Å². The number of carbonyl (C=O) groups excluding carboxylic acids is 1. The maximum Gasteiger partial charge on any atom is 0.340 e. The molecule has 1 aromatic rings. The van der Waals surface area contributed by atoms with Crippen molar-refractivity contribution in [2.24, 2.45) is 0 Å². The summed E-state index contributed by atoms with van der Waals surface area (Å²) in [5, 5.41) is 0. The van der Waals surface area contributed by atoms with Crippen molar-refractivity contribution in [1.29, 1.82) is 0 Å². The van der Waals surface area contributed by atoms with Gasteiger partial charge < -0.3 is 4.74 Å². The van der Waals surface area contributed by atoms with Gasteiger partial charge in [0.15, 0.2) is 0 Å². The van der Waals surface area contributed by atoms with Crippen molar-refractivity contribution in [1.82, 2.24) is 5.48 Å². The van der Waals surface area contributed by atoms with Crippen LogP contribution in [0.3, 0.4) is 0 Å². The minimum Gasteiger partial charge on any atom is -0.426 e. The molecule has 4 heteroatoms. The Morgan fingerprint density at radius 1 is 1.36 bits per heavy atom. The SMILES string of the molecule is O=C(OC1C=CNO1)c1ccccc1. The zero-order valence-corrected chi connectivity index (χ0v) is 7.34. The third kappa shape index (κ3) is 1.92. The molecule has 0 aromatic heterocycles. The molecule has 1 heterocycles. The van der Waals surface area contributed by atoms with E-state index < -0.39 is 12.3 Å². The summed E-state index contributed by atoms with van der Waals surface area (Å²) < 4.78 is 4.99. The second-order valence-corrected chi connectivity index (χ2v) is 2.73. The summed E-state index contributed by atoms with van der Waals surface area (Å²) in [7, 11) is 0. The number of esters is 1. The van der Waals surface area contributed by atoms with Crippen molar-refractivity contribution in [3.63, 3.8) is 0 Å². The van der Waals surface area contributed by atoms with Crippen molar-refractivity contribution in [3.05, 3.63) is 48.2 Å². The van der Waals surface area contributed by atoms with Gasteiger partial charge >= 0.3 is 5.97 Å². The molecular formula is C10H9NO3. The number of benzene rings is 1. The normalized spacial score (nSPS) is 19.0. The van der Waals surface area contributed by atoms with Crippen LogP contribution in [0.2, 0.25) is 0 Å². The molecule has 0 saturated carbocycles. The number of hydrogen-bond donors (Lipinski definition) is 1. The molecule has 0 amide bonds. The molecule has 0 radical (unpaired) electrons. The van der Waals surface area contributed by atoms with Crippen molar-refractivity contribution < 1.29 is 14.4 Å². The Balaban J connectivity index is 1.99. The summed E-state index contributed by atoms with van der Waals surface area (Å²) in [5.74, 6) is -0.399. The van der Waals surface area contributed by atoms with Crippen LogP contribution in [0, 0.1) is 0 Å². The van der Waals surface area contributed by atoms with E-state index in [0.29, 0.717) is 5.56 Å². The average Bonchev–Trinajstić information content (AvgIpc) is 2.72. The average molecular weight is 191 g/mol. The summed E-state index contributed by atoms with van der Waals surface area (Å²) in [5.41, 5.74) is 2.98. The smallest absolute Gasteiger partial charge is 0.340 e. The molecular weight excluding hydrogens is 182 g/mol. The van der Waals surface area contributed by atoms with E-state index in [0.717, 1.165) is 0 Å². The van der Waals surface area contributed by atoms with Crippen LogP contribution in [0.25, 0.3) is 0 Å². The van der Waals surface area contributed by atoms with Gasteiger partial charge in [0.25, 0.3) is 0 Å². The van der Waals surface area contributed by atoms with E-state index >= 15 is 0 Å². The fourth-order valence-electron chi connectivity index (χ4n) is 1.07. The molecule has 14 heavy (non-hydrogen) atoms. The first-order valence-corrected chi connectivity index (χ1v) is 4.20. The molecule has 1 aliphatic rings. The molecule has 4 nitrogen and oxygen atoms in total. The molecule has 0 spiro atoms. The highest BCUT2D eigenvalue weighted by atomic mass is 16.8. The lowest BCUT2D eigenvalue weighted by Gasteiger charge is -2.08. The Labute approximate surface area is 81.1 Å². The summed E-state index contributed by atoms with van der Waals surface area (Å²) in [4.78, 5) is 16.3. The number of hydroxylamine groups is 1. The molecule has 0 saturated heterocycles. The van der Waals surface area contributed by atoms with Crippen LogP contribution in [0.15, 0.2) is 42.6 Å². The van der Waals surface area contributed by atoms with Crippen molar-refractivity contribution in [2.75, 3.05) is 0 Å². The topological polar surface area (TPSA) is 47.6 Å². The number of ether oxygens (including phenoxy) is 1. The maximum absolute atomic E-state index is 11.4. The number of carbonyl (C=O) groups is 1. The first-order valence-electron chi connectivity index (χ1n) is 4.20. The number of nitrogens with one attached hydrogen (secondary N) is 1. The molecule has 2 rings (SSSR count). The van der Waals surface area contributed by atoms with Crippen LogP contribution in [-0.2, 0) is 9.57 Å². The Kier molecular flexibility index (Phi) is 2.46. The number of hydrogen-bond acceptors (Lipinski definition) is 4. The quantitative estimate of drug-likeness (QED) is 0.714. The van der Waals surface area contributed by atoms with E-state index in [-0.39, 0.29) is 0 Å². The van der Waals surface area contributed by atoms with E-state index in [9.17, 15) is 4.79 Å². The zero-order valence-electron chi connectivity index (χ0n) is 7.34. The molecule has 72 valence electrons. The molecule has 1 aromatic carbocycles. The summed E-state index contributed by atoms with van der Waals surface area (Å²) in [6.07, 6.45) is 2.55. The van der Waals surface area contributed by atoms with Gasteiger partial charge in [-0.15, -0.1) is 0 Å². The van der Waals surface area contributed by atoms with E-state index in [1.54, 1.807) is 36.5 Å². The van der Waals surface area contributed by atoms with Crippen LogP contribution < -0.4 is 5.48 Å². The third-order valence-corrected chi connectivity index (χ3v) is 1.74. The lowest BCUT2D eigenvalue weighted by molar-refractivity contribution is -0.0962. The fraction of sp³-hybridized carbons (Fsp3) is 0.100. The highest BCUT2D eigenvalue weighted by molar-refractivity contribution is 5.89. The Hall–Kier alpha value is -1.81. The van der Waals surface area contributed by atoms with Gasteiger partial charge in [0.2, 0.25) is 6.29 Å². The largest absolute Gasteiger partial charge is 0.426 e. The molecule has 1 aliphatic heterocycles. The van der Waals surface area contributed by atoms with Gasteiger partial charge in [-0.05, 0) is 12.1 Å². The first-order chi connectivity index (χ1) is 6.86. The van der Waals surface area contributed by atoms with E-state index in [1.807, 2.05) is 6.07 Å². The maximum atomic E-state index is 11.4. The van der Waals surface area contributed by atoms with Gasteiger partial charge in [0, 0.05) is 12.3 Å². The van der Waals surface area contributed by atoms with E-state index in [2.05, 4.69) is 5.48 Å². The third-order valence-electron chi connectivity index (χ3n) is 1.74. The van der Waals surface area contributed by atoms with Crippen molar-refractivity contribution in [3.8, 4) is 0 Å². The lowest BCUT2D eigenvalue weighted by Crippen LogP contribution is -2.19. The van der Waals surface area contributed by atoms with E-state index in [4.69, 9.17) is 9.57 Å². The second kappa shape index (κ2) is 3.93. The van der Waals surface area contributed by atoms with E-state index in [1.165, 1.54) is 0 Å². The van der Waals surface area contributed by atoms with Crippen molar-refractivity contribution in [2.45, 2.75) is 6.29 Å². The highest BCUT2D eigenvalue weighted by Crippen LogP contribution is 2.07. The Bertz CT molecular complexity index is 348. The van der Waals surface area contributed by atoms with Crippen LogP contribution in [-0.4, -0.2) is 12.3 Å².